The molecule has 0 amide bonds. The zero-order valence-electron chi connectivity index (χ0n) is 17.3. The topological polar surface area (TPSA) is 0 Å². The fourth-order valence-electron chi connectivity index (χ4n) is 6.02. The highest BCUT2D eigenvalue weighted by molar-refractivity contribution is 4.88. The molecule has 0 aliphatic heterocycles. The fourth-order valence-corrected chi connectivity index (χ4v) is 6.02. The van der Waals surface area contributed by atoms with Gasteiger partial charge in [-0.25, -0.2) is 0 Å². The third-order valence-corrected chi connectivity index (χ3v) is 7.90. The SMILES string of the molecule is CCCCCCCC1CCC(C2CCC(CC)(CCC)CC2)CC1. The molecule has 142 valence electrons. The molecule has 0 aromatic heterocycles. The van der Waals surface area contributed by atoms with Crippen LogP contribution in [0.5, 0.6) is 0 Å². The average molecular weight is 335 g/mol. The lowest BCUT2D eigenvalue weighted by Gasteiger charge is -2.43. The zero-order valence-corrected chi connectivity index (χ0v) is 17.3. The Morgan fingerprint density at radius 1 is 0.667 bits per heavy atom. The molecule has 0 atom stereocenters. The monoisotopic (exact) mass is 334 g/mol. The molecule has 2 rings (SSSR count). The van der Waals surface area contributed by atoms with E-state index >= 15 is 0 Å². The van der Waals surface area contributed by atoms with Crippen LogP contribution in [0.4, 0.5) is 0 Å². The van der Waals surface area contributed by atoms with Gasteiger partial charge in [-0.05, 0) is 68.1 Å². The van der Waals surface area contributed by atoms with Crippen molar-refractivity contribution in [2.24, 2.45) is 23.2 Å². The van der Waals surface area contributed by atoms with E-state index in [2.05, 4.69) is 20.8 Å². The molecular weight excluding hydrogens is 288 g/mol. The summed E-state index contributed by atoms with van der Waals surface area (Å²) in [6, 6.07) is 0. The van der Waals surface area contributed by atoms with E-state index in [1.54, 1.807) is 51.4 Å². The second-order valence-electron chi connectivity index (χ2n) is 9.42. The first-order valence-electron chi connectivity index (χ1n) is 11.7. The van der Waals surface area contributed by atoms with Gasteiger partial charge in [-0.3, -0.25) is 0 Å². The van der Waals surface area contributed by atoms with Crippen molar-refractivity contribution < 1.29 is 0 Å². The maximum atomic E-state index is 2.45. The molecule has 24 heavy (non-hydrogen) atoms. The summed E-state index contributed by atoms with van der Waals surface area (Å²) in [4.78, 5) is 0. The predicted molar refractivity (Wildman–Crippen MR) is 108 cm³/mol. The van der Waals surface area contributed by atoms with E-state index in [1.165, 1.54) is 57.8 Å². The maximum absolute atomic E-state index is 2.45. The zero-order chi connectivity index (χ0) is 17.3. The van der Waals surface area contributed by atoms with Crippen LogP contribution in [0, 0.1) is 23.2 Å². The number of hydrogen-bond donors (Lipinski definition) is 0. The van der Waals surface area contributed by atoms with E-state index in [9.17, 15) is 0 Å². The van der Waals surface area contributed by atoms with Crippen LogP contribution in [0.25, 0.3) is 0 Å². The number of hydrogen-bond acceptors (Lipinski definition) is 0. The Kier molecular flexibility index (Phi) is 9.20. The molecule has 0 aromatic rings. The molecule has 0 heterocycles. The van der Waals surface area contributed by atoms with Crippen molar-refractivity contribution in [2.45, 2.75) is 130 Å². The van der Waals surface area contributed by atoms with E-state index in [0.29, 0.717) is 0 Å². The van der Waals surface area contributed by atoms with E-state index < -0.39 is 0 Å². The van der Waals surface area contributed by atoms with Gasteiger partial charge in [0.05, 0.1) is 0 Å². The van der Waals surface area contributed by atoms with E-state index in [1.807, 2.05) is 0 Å². The van der Waals surface area contributed by atoms with Gasteiger partial charge in [-0.15, -0.1) is 0 Å². The summed E-state index contributed by atoms with van der Waals surface area (Å²) in [5.74, 6) is 3.27. The molecule has 0 unspecified atom stereocenters. The second kappa shape index (κ2) is 10.9. The van der Waals surface area contributed by atoms with E-state index in [-0.39, 0.29) is 0 Å². The molecule has 2 aliphatic carbocycles. The van der Waals surface area contributed by atoms with Crippen LogP contribution in [0.15, 0.2) is 0 Å². The molecule has 0 saturated heterocycles. The van der Waals surface area contributed by atoms with E-state index in [0.717, 1.165) is 23.2 Å². The third-order valence-electron chi connectivity index (χ3n) is 7.90. The van der Waals surface area contributed by atoms with Gasteiger partial charge < -0.3 is 0 Å². The third kappa shape index (κ3) is 6.06. The second-order valence-corrected chi connectivity index (χ2v) is 9.42. The number of unbranched alkanes of at least 4 members (excludes halogenated alkanes) is 4. The minimum atomic E-state index is 0.737. The van der Waals surface area contributed by atoms with Crippen molar-refractivity contribution >= 4 is 0 Å². The molecule has 0 aromatic carbocycles. The summed E-state index contributed by atoms with van der Waals surface area (Å²) in [7, 11) is 0. The smallest absolute Gasteiger partial charge is 0.0300 e. The first-order valence-corrected chi connectivity index (χ1v) is 11.7. The lowest BCUT2D eigenvalue weighted by atomic mass is 9.62. The van der Waals surface area contributed by atoms with Gasteiger partial charge >= 0.3 is 0 Å². The van der Waals surface area contributed by atoms with Crippen LogP contribution >= 0.6 is 0 Å². The summed E-state index contributed by atoms with van der Waals surface area (Å²) in [5.41, 5.74) is 0.737. The van der Waals surface area contributed by atoms with Crippen LogP contribution in [-0.4, -0.2) is 0 Å². The van der Waals surface area contributed by atoms with Crippen LogP contribution in [0.2, 0.25) is 0 Å². The standard InChI is InChI=1S/C24H46/c1-4-7-8-9-10-11-21-12-14-22(15-13-21)23-16-19-24(6-3,18-5-2)20-17-23/h21-23H,4-20H2,1-3H3. The molecule has 0 nitrogen and oxygen atoms in total. The Labute approximate surface area is 153 Å². The lowest BCUT2D eigenvalue weighted by Crippen LogP contribution is -2.31. The lowest BCUT2D eigenvalue weighted by molar-refractivity contribution is 0.0812. The van der Waals surface area contributed by atoms with Crippen LogP contribution in [0.3, 0.4) is 0 Å². The average Bonchev–Trinajstić information content (AvgIpc) is 2.63. The molecule has 2 saturated carbocycles. The van der Waals surface area contributed by atoms with Crippen LogP contribution in [0.1, 0.15) is 130 Å². The summed E-state index contributed by atoms with van der Waals surface area (Å²) >= 11 is 0. The molecule has 0 radical (unpaired) electrons. The Hall–Kier alpha value is 0. The molecule has 0 bridgehead atoms. The van der Waals surface area contributed by atoms with E-state index in [4.69, 9.17) is 0 Å². The normalized spacial score (nSPS) is 34.4. The van der Waals surface area contributed by atoms with Gasteiger partial charge in [0.25, 0.3) is 0 Å². The van der Waals surface area contributed by atoms with Gasteiger partial charge in [0.2, 0.25) is 0 Å². The van der Waals surface area contributed by atoms with Crippen molar-refractivity contribution in [1.29, 1.82) is 0 Å². The first-order chi connectivity index (χ1) is 11.7. The molecular formula is C24H46. The maximum Gasteiger partial charge on any atom is -0.0300 e. The van der Waals surface area contributed by atoms with Crippen LogP contribution in [-0.2, 0) is 0 Å². The highest BCUT2D eigenvalue weighted by atomic mass is 14.4. The summed E-state index contributed by atoms with van der Waals surface area (Å²) in [5, 5.41) is 0. The summed E-state index contributed by atoms with van der Waals surface area (Å²) < 4.78 is 0. The molecule has 0 heteroatoms. The van der Waals surface area contributed by atoms with Crippen molar-refractivity contribution in [3.05, 3.63) is 0 Å². The van der Waals surface area contributed by atoms with Gasteiger partial charge in [0.15, 0.2) is 0 Å². The number of rotatable bonds is 10. The predicted octanol–water partition coefficient (Wildman–Crippen LogP) is 8.54. The Morgan fingerprint density at radius 2 is 1.29 bits per heavy atom. The highest BCUT2D eigenvalue weighted by Crippen LogP contribution is 2.49. The van der Waals surface area contributed by atoms with Crippen molar-refractivity contribution in [1.82, 2.24) is 0 Å². The van der Waals surface area contributed by atoms with Gasteiger partial charge in [-0.2, -0.15) is 0 Å². The highest BCUT2D eigenvalue weighted by Gasteiger charge is 2.36. The van der Waals surface area contributed by atoms with Gasteiger partial charge in [-0.1, -0.05) is 85.0 Å². The summed E-state index contributed by atoms with van der Waals surface area (Å²) in [6.45, 7) is 7.15. The quantitative estimate of drug-likeness (QED) is 0.351. The van der Waals surface area contributed by atoms with Gasteiger partial charge in [0.1, 0.15) is 0 Å². The minimum Gasteiger partial charge on any atom is -0.0654 e. The largest absolute Gasteiger partial charge is 0.0654 e. The van der Waals surface area contributed by atoms with Gasteiger partial charge in [0, 0.05) is 0 Å². The fraction of sp³-hybridized carbons (Fsp3) is 1.00. The molecule has 2 aliphatic rings. The first kappa shape index (κ1) is 20.3. The summed E-state index contributed by atoms with van der Waals surface area (Å²) in [6.07, 6.45) is 25.6. The van der Waals surface area contributed by atoms with Crippen molar-refractivity contribution in [3.8, 4) is 0 Å². The molecule has 2 fully saturated rings. The molecule has 0 spiro atoms. The molecule has 0 N–H and O–H groups in total. The van der Waals surface area contributed by atoms with Crippen LogP contribution < -0.4 is 0 Å². The Balaban J connectivity index is 1.63. The van der Waals surface area contributed by atoms with Crippen molar-refractivity contribution in [3.63, 3.8) is 0 Å². The van der Waals surface area contributed by atoms with Crippen molar-refractivity contribution in [2.75, 3.05) is 0 Å². The Bertz CT molecular complexity index is 302. The Morgan fingerprint density at radius 3 is 1.88 bits per heavy atom. The minimum absolute atomic E-state index is 0.737.